The Labute approximate surface area is 180 Å². The molecule has 168 valence electrons. The Morgan fingerprint density at radius 3 is 1.11 bits per heavy atom. The molecule has 0 spiro atoms. The zero-order chi connectivity index (χ0) is 21.0. The molecule has 28 heavy (non-hydrogen) atoms. The molecule has 0 nitrogen and oxygen atoms in total. The average molecular weight is 393 g/mol. The van der Waals surface area contributed by atoms with Crippen molar-refractivity contribution in [3.05, 3.63) is 24.8 Å². The van der Waals surface area contributed by atoms with E-state index in [1.165, 1.54) is 135 Å². The maximum Gasteiger partial charge on any atom is -0.0351 e. The molecule has 0 heteroatoms. The van der Waals surface area contributed by atoms with Crippen LogP contribution in [-0.2, 0) is 0 Å². The van der Waals surface area contributed by atoms with Gasteiger partial charge in [-0.1, -0.05) is 142 Å². The third-order valence-electron chi connectivity index (χ3n) is 5.38. The molecule has 0 N–H and O–H groups in total. The second kappa shape index (κ2) is 31.2. The van der Waals surface area contributed by atoms with Gasteiger partial charge in [-0.05, 0) is 32.1 Å². The summed E-state index contributed by atoms with van der Waals surface area (Å²) in [4.78, 5) is 0. The minimum Gasteiger partial charge on any atom is -0.103 e. The van der Waals surface area contributed by atoms with Crippen molar-refractivity contribution >= 4 is 0 Å². The second-order valence-electron chi connectivity index (χ2n) is 8.43. The van der Waals surface area contributed by atoms with Crippen LogP contribution in [0.25, 0.3) is 0 Å². The van der Waals surface area contributed by atoms with Crippen LogP contribution in [0, 0.1) is 0 Å². The monoisotopic (exact) mass is 392 g/mol. The topological polar surface area (TPSA) is 0 Å². The van der Waals surface area contributed by atoms with Crippen LogP contribution >= 0.6 is 0 Å². The van der Waals surface area contributed by atoms with E-state index in [1.54, 1.807) is 0 Å². The Hall–Kier alpha value is -0.520. The summed E-state index contributed by atoms with van der Waals surface area (Å²) >= 11 is 0. The molecule has 0 bridgehead atoms. The van der Waals surface area contributed by atoms with Gasteiger partial charge in [0.1, 0.15) is 0 Å². The van der Waals surface area contributed by atoms with Crippen LogP contribution in [0.5, 0.6) is 0 Å². The first-order valence-corrected chi connectivity index (χ1v) is 13.1. The van der Waals surface area contributed by atoms with Gasteiger partial charge in [0.15, 0.2) is 0 Å². The molecule has 0 unspecified atom stereocenters. The summed E-state index contributed by atoms with van der Waals surface area (Å²) in [6, 6.07) is 0. The number of hydrogen-bond acceptors (Lipinski definition) is 0. The zero-order valence-electron chi connectivity index (χ0n) is 20.3. The third kappa shape index (κ3) is 33.1. The highest BCUT2D eigenvalue weighted by molar-refractivity contribution is 4.81. The van der Waals surface area contributed by atoms with Crippen molar-refractivity contribution in [2.24, 2.45) is 0 Å². The predicted molar refractivity (Wildman–Crippen MR) is 133 cm³/mol. The molecular formula is C28H56. The summed E-state index contributed by atoms with van der Waals surface area (Å²) < 4.78 is 0. The molecule has 0 aromatic rings. The third-order valence-corrected chi connectivity index (χ3v) is 5.38. The van der Waals surface area contributed by atoms with E-state index in [1.807, 2.05) is 6.08 Å². The van der Waals surface area contributed by atoms with Gasteiger partial charge in [0, 0.05) is 0 Å². The average Bonchev–Trinajstić information content (AvgIpc) is 2.71. The molecule has 0 aromatic carbocycles. The zero-order valence-corrected chi connectivity index (χ0v) is 20.3. The van der Waals surface area contributed by atoms with Gasteiger partial charge in [-0.25, -0.2) is 0 Å². The number of hydrogen-bond donors (Lipinski definition) is 0. The summed E-state index contributed by atoms with van der Waals surface area (Å²) in [6.07, 6.45) is 36.0. The van der Waals surface area contributed by atoms with E-state index in [2.05, 4.69) is 39.5 Å². The maximum atomic E-state index is 3.69. The van der Waals surface area contributed by atoms with Crippen LogP contribution < -0.4 is 0 Å². The Morgan fingerprint density at radius 1 is 0.393 bits per heavy atom. The Bertz CT molecular complexity index is 276. The van der Waals surface area contributed by atoms with E-state index in [-0.39, 0.29) is 0 Å². The highest BCUT2D eigenvalue weighted by atomic mass is 14.0. The molecule has 0 fully saturated rings. The highest BCUT2D eigenvalue weighted by Crippen LogP contribution is 2.11. The minimum atomic E-state index is 1.20. The highest BCUT2D eigenvalue weighted by Gasteiger charge is 1.91. The Balaban J connectivity index is 0. The lowest BCUT2D eigenvalue weighted by atomic mass is 10.1. The largest absolute Gasteiger partial charge is 0.103 e. The van der Waals surface area contributed by atoms with Crippen LogP contribution in [0.2, 0.25) is 0 Å². The van der Waals surface area contributed by atoms with Crippen LogP contribution in [0.4, 0.5) is 0 Å². The first-order chi connectivity index (χ1) is 13.8. The SMILES string of the molecule is C=CCCCCCCCC.CCCCC=CCCCCCCCCCCCC. The molecule has 0 amide bonds. The predicted octanol–water partition coefficient (Wildman–Crippen LogP) is 11.0. The van der Waals surface area contributed by atoms with Gasteiger partial charge in [0.2, 0.25) is 0 Å². The van der Waals surface area contributed by atoms with Gasteiger partial charge >= 0.3 is 0 Å². The molecule has 0 aromatic heterocycles. The summed E-state index contributed by atoms with van der Waals surface area (Å²) in [7, 11) is 0. The van der Waals surface area contributed by atoms with Crippen LogP contribution in [-0.4, -0.2) is 0 Å². The van der Waals surface area contributed by atoms with Gasteiger partial charge in [-0.15, -0.1) is 6.58 Å². The summed E-state index contributed by atoms with van der Waals surface area (Å²) in [5.41, 5.74) is 0. The number of allylic oxidation sites excluding steroid dienone is 3. The van der Waals surface area contributed by atoms with Gasteiger partial charge in [-0.2, -0.15) is 0 Å². The summed E-state index contributed by atoms with van der Waals surface area (Å²) in [5, 5.41) is 0. The molecule has 0 saturated heterocycles. The van der Waals surface area contributed by atoms with Gasteiger partial charge < -0.3 is 0 Å². The second-order valence-corrected chi connectivity index (χ2v) is 8.43. The quantitative estimate of drug-likeness (QED) is 0.134. The van der Waals surface area contributed by atoms with Crippen molar-refractivity contribution in [1.29, 1.82) is 0 Å². The lowest BCUT2D eigenvalue weighted by Crippen LogP contribution is -1.81. The normalized spacial score (nSPS) is 10.8. The molecule has 0 rings (SSSR count). The fourth-order valence-electron chi connectivity index (χ4n) is 3.38. The van der Waals surface area contributed by atoms with Crippen LogP contribution in [0.3, 0.4) is 0 Å². The van der Waals surface area contributed by atoms with Crippen LogP contribution in [0.15, 0.2) is 24.8 Å². The number of rotatable bonds is 21. The molecule has 0 heterocycles. The molecule has 0 aliphatic rings. The fraction of sp³-hybridized carbons (Fsp3) is 0.857. The van der Waals surface area contributed by atoms with E-state index in [9.17, 15) is 0 Å². The van der Waals surface area contributed by atoms with Crippen molar-refractivity contribution in [2.45, 2.75) is 156 Å². The molecule has 0 radical (unpaired) electrons. The molecule has 0 aliphatic carbocycles. The lowest BCUT2D eigenvalue weighted by Gasteiger charge is -2.01. The van der Waals surface area contributed by atoms with E-state index in [0.717, 1.165) is 0 Å². The van der Waals surface area contributed by atoms with Crippen molar-refractivity contribution in [3.63, 3.8) is 0 Å². The molecular weight excluding hydrogens is 336 g/mol. The Kier molecular flexibility index (Phi) is 33.1. The van der Waals surface area contributed by atoms with Crippen molar-refractivity contribution in [1.82, 2.24) is 0 Å². The fourth-order valence-corrected chi connectivity index (χ4v) is 3.38. The van der Waals surface area contributed by atoms with Crippen molar-refractivity contribution < 1.29 is 0 Å². The smallest absolute Gasteiger partial charge is 0.0351 e. The Morgan fingerprint density at radius 2 is 0.714 bits per heavy atom. The molecule has 0 aliphatic heterocycles. The molecule has 0 saturated carbocycles. The summed E-state index contributed by atoms with van der Waals surface area (Å²) in [6.45, 7) is 10.5. The van der Waals surface area contributed by atoms with Gasteiger partial charge in [0.05, 0.1) is 0 Å². The summed E-state index contributed by atoms with van der Waals surface area (Å²) in [5.74, 6) is 0. The van der Waals surface area contributed by atoms with E-state index < -0.39 is 0 Å². The van der Waals surface area contributed by atoms with E-state index in [4.69, 9.17) is 0 Å². The maximum absolute atomic E-state index is 3.69. The van der Waals surface area contributed by atoms with Gasteiger partial charge in [-0.3, -0.25) is 0 Å². The lowest BCUT2D eigenvalue weighted by molar-refractivity contribution is 0.557. The van der Waals surface area contributed by atoms with Crippen molar-refractivity contribution in [3.8, 4) is 0 Å². The van der Waals surface area contributed by atoms with Crippen molar-refractivity contribution in [2.75, 3.05) is 0 Å². The number of unbranched alkanes of at least 4 members (excludes halogenated alkanes) is 18. The van der Waals surface area contributed by atoms with E-state index in [0.29, 0.717) is 0 Å². The molecule has 0 atom stereocenters. The first kappa shape index (κ1) is 29.7. The first-order valence-electron chi connectivity index (χ1n) is 13.1. The minimum absolute atomic E-state index is 1.20. The standard InChI is InChI=1S/C18H36.C10H20/c1-3-5-7-9-11-13-15-17-18-16-14-12-10-8-6-4-2;1-3-5-7-9-10-8-6-4-2/h9,11H,3-8,10,12-18H2,1-2H3;3H,1,4-10H2,2H3. The van der Waals surface area contributed by atoms with E-state index >= 15 is 0 Å². The van der Waals surface area contributed by atoms with Crippen LogP contribution in [0.1, 0.15) is 156 Å². The van der Waals surface area contributed by atoms with Gasteiger partial charge in [0.25, 0.3) is 0 Å².